The quantitative estimate of drug-likeness (QED) is 0.311. The summed E-state index contributed by atoms with van der Waals surface area (Å²) in [6, 6.07) is 19.9. The summed E-state index contributed by atoms with van der Waals surface area (Å²) < 4.78 is 29.1. The molecule has 0 radical (unpaired) electrons. The number of benzene rings is 3. The summed E-state index contributed by atoms with van der Waals surface area (Å²) in [7, 11) is -4.11. The molecular formula is C32H38ClN3O4S. The minimum atomic E-state index is -4.11. The third-order valence-electron chi connectivity index (χ3n) is 7.60. The maximum Gasteiger partial charge on any atom is 0.264 e. The van der Waals surface area contributed by atoms with E-state index in [1.807, 2.05) is 32.0 Å². The van der Waals surface area contributed by atoms with Crippen LogP contribution in [0.1, 0.15) is 55.7 Å². The lowest BCUT2D eigenvalue weighted by Crippen LogP contribution is -2.53. The van der Waals surface area contributed by atoms with Crippen LogP contribution in [0.2, 0.25) is 5.02 Å². The normalized spacial score (nSPS) is 14.7. The first-order valence-electron chi connectivity index (χ1n) is 14.1. The molecule has 1 atom stereocenters. The van der Waals surface area contributed by atoms with Crippen LogP contribution in [0.15, 0.2) is 77.7 Å². The van der Waals surface area contributed by atoms with Crippen LogP contribution < -0.4 is 9.62 Å². The first-order valence-corrected chi connectivity index (χ1v) is 15.9. The van der Waals surface area contributed by atoms with E-state index in [2.05, 4.69) is 5.32 Å². The van der Waals surface area contributed by atoms with Gasteiger partial charge in [-0.15, -0.1) is 0 Å². The van der Waals surface area contributed by atoms with Gasteiger partial charge in [0, 0.05) is 17.6 Å². The third kappa shape index (κ3) is 7.68. The number of hydrogen-bond donors (Lipinski definition) is 1. The number of aryl methyl sites for hydroxylation is 2. The molecule has 9 heteroatoms. The summed E-state index contributed by atoms with van der Waals surface area (Å²) in [6.45, 7) is 5.01. The van der Waals surface area contributed by atoms with Crippen molar-refractivity contribution in [1.29, 1.82) is 0 Å². The van der Waals surface area contributed by atoms with Gasteiger partial charge in [0.25, 0.3) is 10.0 Å². The summed E-state index contributed by atoms with van der Waals surface area (Å²) in [5, 5.41) is 3.63. The van der Waals surface area contributed by atoms with Crippen LogP contribution in [-0.4, -0.2) is 43.8 Å². The second-order valence-corrected chi connectivity index (χ2v) is 13.1. The van der Waals surface area contributed by atoms with Gasteiger partial charge in [-0.1, -0.05) is 73.3 Å². The van der Waals surface area contributed by atoms with Crippen molar-refractivity contribution in [3.63, 3.8) is 0 Å². The fraction of sp³-hybridized carbons (Fsp3) is 0.375. The van der Waals surface area contributed by atoms with E-state index in [-0.39, 0.29) is 23.4 Å². The Morgan fingerprint density at radius 3 is 2.34 bits per heavy atom. The van der Waals surface area contributed by atoms with E-state index in [0.29, 0.717) is 16.3 Å². The monoisotopic (exact) mass is 595 g/mol. The molecule has 1 fully saturated rings. The highest BCUT2D eigenvalue weighted by Crippen LogP contribution is 2.29. The van der Waals surface area contributed by atoms with E-state index in [4.69, 9.17) is 11.6 Å². The fourth-order valence-corrected chi connectivity index (χ4v) is 6.91. The number of nitrogens with one attached hydrogen (secondary N) is 1. The van der Waals surface area contributed by atoms with Gasteiger partial charge in [-0.25, -0.2) is 8.42 Å². The lowest BCUT2D eigenvalue weighted by molar-refractivity contribution is -0.139. The Morgan fingerprint density at radius 2 is 1.66 bits per heavy atom. The molecule has 0 heterocycles. The Bertz CT molecular complexity index is 1470. The Hall–Kier alpha value is -3.36. The predicted molar refractivity (Wildman–Crippen MR) is 163 cm³/mol. The number of halogens is 1. The van der Waals surface area contributed by atoms with Crippen molar-refractivity contribution in [3.8, 4) is 0 Å². The highest BCUT2D eigenvalue weighted by Gasteiger charge is 2.33. The van der Waals surface area contributed by atoms with Gasteiger partial charge < -0.3 is 10.2 Å². The first-order chi connectivity index (χ1) is 19.6. The van der Waals surface area contributed by atoms with Crippen LogP contribution in [0.25, 0.3) is 0 Å². The molecule has 0 saturated heterocycles. The van der Waals surface area contributed by atoms with Crippen molar-refractivity contribution >= 4 is 39.1 Å². The first kappa shape index (κ1) is 30.6. The summed E-state index contributed by atoms with van der Waals surface area (Å²) in [5.74, 6) is -0.742. The van der Waals surface area contributed by atoms with E-state index in [0.717, 1.165) is 47.5 Å². The lowest BCUT2D eigenvalue weighted by atomic mass is 9.95. The van der Waals surface area contributed by atoms with Gasteiger partial charge in [0.2, 0.25) is 11.8 Å². The van der Waals surface area contributed by atoms with Crippen LogP contribution in [-0.2, 0) is 26.2 Å². The van der Waals surface area contributed by atoms with Gasteiger partial charge in [-0.05, 0) is 80.6 Å². The van der Waals surface area contributed by atoms with Crippen molar-refractivity contribution < 1.29 is 18.0 Å². The molecular weight excluding hydrogens is 558 g/mol. The molecule has 3 aromatic rings. The Kier molecular flexibility index (Phi) is 10.1. The summed E-state index contributed by atoms with van der Waals surface area (Å²) in [6.07, 6.45) is 5.11. The van der Waals surface area contributed by atoms with Gasteiger partial charge in [0.15, 0.2) is 0 Å². The molecule has 1 saturated carbocycles. The Labute approximate surface area is 248 Å². The minimum Gasteiger partial charge on any atom is -0.352 e. The summed E-state index contributed by atoms with van der Waals surface area (Å²) >= 11 is 6.23. The van der Waals surface area contributed by atoms with E-state index in [9.17, 15) is 18.0 Å². The molecule has 4 rings (SSSR count). The molecule has 0 aliphatic heterocycles. The van der Waals surface area contributed by atoms with Gasteiger partial charge in [-0.3, -0.25) is 13.9 Å². The average molecular weight is 596 g/mol. The zero-order chi connectivity index (χ0) is 29.6. The number of anilines is 1. The number of carbonyl (C=O) groups is 2. The predicted octanol–water partition coefficient (Wildman–Crippen LogP) is 6.02. The van der Waals surface area contributed by atoms with Crippen molar-refractivity contribution in [1.82, 2.24) is 10.2 Å². The number of nitrogens with zero attached hydrogens (tertiary/aromatic N) is 2. The fourth-order valence-electron chi connectivity index (χ4n) is 5.20. The largest absolute Gasteiger partial charge is 0.352 e. The van der Waals surface area contributed by atoms with E-state index < -0.39 is 28.5 Å². The van der Waals surface area contributed by atoms with Crippen LogP contribution in [0, 0.1) is 13.8 Å². The topological polar surface area (TPSA) is 86.8 Å². The van der Waals surface area contributed by atoms with Crippen LogP contribution in [0.4, 0.5) is 5.69 Å². The zero-order valence-corrected chi connectivity index (χ0v) is 25.4. The second-order valence-electron chi connectivity index (χ2n) is 10.8. The molecule has 1 aliphatic carbocycles. The third-order valence-corrected chi connectivity index (χ3v) is 9.61. The van der Waals surface area contributed by atoms with Crippen LogP contribution >= 0.6 is 11.6 Å². The molecule has 0 bridgehead atoms. The smallest absolute Gasteiger partial charge is 0.264 e. The molecule has 2 amide bonds. The van der Waals surface area contributed by atoms with Crippen molar-refractivity contribution in [3.05, 3.63) is 94.5 Å². The molecule has 1 N–H and O–H groups in total. The minimum absolute atomic E-state index is 0.0757. The van der Waals surface area contributed by atoms with Gasteiger partial charge in [0.1, 0.15) is 12.6 Å². The van der Waals surface area contributed by atoms with E-state index >= 15 is 0 Å². The lowest BCUT2D eigenvalue weighted by Gasteiger charge is -2.33. The van der Waals surface area contributed by atoms with Crippen LogP contribution in [0.3, 0.4) is 0 Å². The molecule has 1 aliphatic rings. The second kappa shape index (κ2) is 13.5. The van der Waals surface area contributed by atoms with Crippen molar-refractivity contribution in [2.75, 3.05) is 10.8 Å². The maximum atomic E-state index is 14.1. The Balaban J connectivity index is 1.70. The van der Waals surface area contributed by atoms with Gasteiger partial charge in [-0.2, -0.15) is 0 Å². The van der Waals surface area contributed by atoms with Gasteiger partial charge >= 0.3 is 0 Å². The van der Waals surface area contributed by atoms with E-state index in [1.165, 1.54) is 17.0 Å². The molecule has 41 heavy (non-hydrogen) atoms. The van der Waals surface area contributed by atoms with Crippen molar-refractivity contribution in [2.45, 2.75) is 76.4 Å². The maximum absolute atomic E-state index is 14.1. The van der Waals surface area contributed by atoms with E-state index in [1.54, 1.807) is 49.4 Å². The number of amides is 2. The highest BCUT2D eigenvalue weighted by molar-refractivity contribution is 7.92. The molecule has 0 spiro atoms. The zero-order valence-electron chi connectivity index (χ0n) is 23.8. The number of carbonyl (C=O) groups excluding carboxylic acids is 2. The molecule has 3 aromatic carbocycles. The van der Waals surface area contributed by atoms with Gasteiger partial charge in [0.05, 0.1) is 10.6 Å². The van der Waals surface area contributed by atoms with Crippen molar-refractivity contribution in [2.24, 2.45) is 0 Å². The molecule has 7 nitrogen and oxygen atoms in total. The van der Waals surface area contributed by atoms with Crippen LogP contribution in [0.5, 0.6) is 0 Å². The summed E-state index contributed by atoms with van der Waals surface area (Å²) in [4.78, 5) is 29.1. The Morgan fingerprint density at radius 1 is 0.951 bits per heavy atom. The number of hydrogen-bond acceptors (Lipinski definition) is 4. The highest BCUT2D eigenvalue weighted by atomic mass is 35.5. The molecule has 0 aromatic heterocycles. The molecule has 1 unspecified atom stereocenters. The standard InChI is InChI=1S/C32H38ClN3O4S/c1-23-17-18-24(2)30(19-23)36(41(39,40)29-15-8-5-9-16-29)22-31(37)35(21-26-11-10-12-27(33)20-26)25(3)32(38)34-28-13-6-4-7-14-28/h5,8-12,15-20,25,28H,4,6-7,13-14,21-22H2,1-3H3,(H,34,38). The number of sulfonamides is 1. The SMILES string of the molecule is Cc1ccc(C)c(N(CC(=O)N(Cc2cccc(Cl)c2)C(C)C(=O)NC2CCCCC2)S(=O)(=O)c2ccccc2)c1. The molecule has 218 valence electrons. The average Bonchev–Trinajstić information content (AvgIpc) is 2.96. The summed E-state index contributed by atoms with van der Waals surface area (Å²) in [5.41, 5.74) is 2.74. The number of rotatable bonds is 10.